The average Bonchev–Trinajstić information content (AvgIpc) is 3.07. The molecule has 0 aliphatic heterocycles. The number of para-hydroxylation sites is 1. The Morgan fingerprint density at radius 2 is 1.84 bits per heavy atom. The average molecular weight is 349 g/mol. The van der Waals surface area contributed by atoms with Gasteiger partial charge in [0.15, 0.2) is 0 Å². The van der Waals surface area contributed by atoms with Crippen molar-refractivity contribution in [2.24, 2.45) is 11.8 Å². The SMILES string of the molecule is C=C(CC)ON.CCCCC.N=C1CCC(COc2ccccc2)C1. The zero-order valence-corrected chi connectivity index (χ0v) is 16.2. The Kier molecular flexibility index (Phi) is 14.6. The van der Waals surface area contributed by atoms with Gasteiger partial charge in [0.25, 0.3) is 0 Å². The van der Waals surface area contributed by atoms with Crippen LogP contribution in [-0.2, 0) is 4.84 Å². The summed E-state index contributed by atoms with van der Waals surface area (Å²) < 4.78 is 5.64. The molecule has 0 radical (unpaired) electrons. The van der Waals surface area contributed by atoms with Gasteiger partial charge in [0.2, 0.25) is 0 Å². The van der Waals surface area contributed by atoms with E-state index in [0.717, 1.165) is 43.8 Å². The summed E-state index contributed by atoms with van der Waals surface area (Å²) >= 11 is 0. The van der Waals surface area contributed by atoms with Crippen LogP contribution in [0.25, 0.3) is 0 Å². The van der Waals surface area contributed by atoms with Crippen LogP contribution in [-0.4, -0.2) is 12.3 Å². The lowest BCUT2D eigenvalue weighted by atomic mass is 10.1. The van der Waals surface area contributed by atoms with E-state index in [1.807, 2.05) is 37.3 Å². The Morgan fingerprint density at radius 1 is 1.20 bits per heavy atom. The van der Waals surface area contributed by atoms with Crippen molar-refractivity contribution in [3.8, 4) is 5.75 Å². The van der Waals surface area contributed by atoms with E-state index in [2.05, 4.69) is 31.2 Å². The minimum Gasteiger partial charge on any atom is -0.493 e. The Bertz CT molecular complexity index is 452. The molecule has 0 amide bonds. The first-order valence-corrected chi connectivity index (χ1v) is 9.35. The number of unbranched alkanes of at least 4 members (excludes halogenated alkanes) is 2. The van der Waals surface area contributed by atoms with Crippen LogP contribution < -0.4 is 10.6 Å². The highest BCUT2D eigenvalue weighted by Gasteiger charge is 2.19. The van der Waals surface area contributed by atoms with Crippen LogP contribution in [0.1, 0.15) is 65.7 Å². The van der Waals surface area contributed by atoms with Crippen molar-refractivity contribution in [1.29, 1.82) is 5.41 Å². The van der Waals surface area contributed by atoms with Gasteiger partial charge in [-0.15, -0.1) is 0 Å². The molecule has 1 aromatic carbocycles. The molecule has 0 spiro atoms. The first kappa shape index (κ1) is 23.2. The molecule has 1 aliphatic rings. The molecular formula is C21H36N2O2. The Hall–Kier alpha value is -1.81. The number of allylic oxidation sites excluding steroid dienone is 1. The second kappa shape index (κ2) is 15.7. The molecule has 142 valence electrons. The van der Waals surface area contributed by atoms with Crippen molar-refractivity contribution in [2.75, 3.05) is 6.61 Å². The molecule has 3 N–H and O–H groups in total. The zero-order valence-electron chi connectivity index (χ0n) is 16.2. The fourth-order valence-electron chi connectivity index (χ4n) is 2.24. The van der Waals surface area contributed by atoms with Gasteiger partial charge in [-0.05, 0) is 37.3 Å². The summed E-state index contributed by atoms with van der Waals surface area (Å²) in [6, 6.07) is 9.89. The molecule has 0 heterocycles. The summed E-state index contributed by atoms with van der Waals surface area (Å²) in [5.41, 5.74) is 0.881. The van der Waals surface area contributed by atoms with Gasteiger partial charge in [-0.25, -0.2) is 0 Å². The van der Waals surface area contributed by atoms with E-state index in [-0.39, 0.29) is 0 Å². The van der Waals surface area contributed by atoms with E-state index >= 15 is 0 Å². The number of hydrogen-bond acceptors (Lipinski definition) is 4. The van der Waals surface area contributed by atoms with Crippen LogP contribution in [0.2, 0.25) is 0 Å². The molecule has 1 aliphatic carbocycles. The molecule has 1 saturated carbocycles. The third-order valence-electron chi connectivity index (χ3n) is 3.89. The molecule has 4 heteroatoms. The van der Waals surface area contributed by atoms with Gasteiger partial charge in [-0.3, -0.25) is 0 Å². The zero-order chi connectivity index (χ0) is 18.9. The lowest BCUT2D eigenvalue weighted by molar-refractivity contribution is 0.214. The predicted molar refractivity (Wildman–Crippen MR) is 107 cm³/mol. The second-order valence-electron chi connectivity index (χ2n) is 6.20. The van der Waals surface area contributed by atoms with Crippen molar-refractivity contribution in [2.45, 2.75) is 65.7 Å². The molecule has 0 bridgehead atoms. The first-order valence-electron chi connectivity index (χ1n) is 9.35. The van der Waals surface area contributed by atoms with Crippen molar-refractivity contribution < 1.29 is 9.57 Å². The molecule has 1 aromatic rings. The first-order chi connectivity index (χ1) is 12.1. The second-order valence-corrected chi connectivity index (χ2v) is 6.20. The predicted octanol–water partition coefficient (Wildman–Crippen LogP) is 5.88. The van der Waals surface area contributed by atoms with E-state index < -0.39 is 0 Å². The lowest BCUT2D eigenvalue weighted by Crippen LogP contribution is -2.08. The minimum absolute atomic E-state index is 0.558. The summed E-state index contributed by atoms with van der Waals surface area (Å²) in [5.74, 6) is 6.80. The molecule has 4 nitrogen and oxygen atoms in total. The summed E-state index contributed by atoms with van der Waals surface area (Å²) in [6.07, 6.45) is 7.87. The van der Waals surface area contributed by atoms with Gasteiger partial charge in [0.1, 0.15) is 11.5 Å². The van der Waals surface area contributed by atoms with Crippen molar-refractivity contribution >= 4 is 5.71 Å². The Labute approximate surface area is 153 Å². The number of rotatable bonds is 7. The number of hydrogen-bond donors (Lipinski definition) is 2. The summed E-state index contributed by atoms with van der Waals surface area (Å²) in [4.78, 5) is 4.20. The molecular weight excluding hydrogens is 312 g/mol. The Balaban J connectivity index is 0.000000438. The van der Waals surface area contributed by atoms with Gasteiger partial charge in [-0.2, -0.15) is 5.90 Å². The van der Waals surface area contributed by atoms with Gasteiger partial charge in [0.05, 0.1) is 6.61 Å². The van der Waals surface area contributed by atoms with Crippen LogP contribution in [0.5, 0.6) is 5.75 Å². The van der Waals surface area contributed by atoms with Gasteiger partial charge < -0.3 is 15.0 Å². The number of benzene rings is 1. The van der Waals surface area contributed by atoms with Gasteiger partial charge in [-0.1, -0.05) is 64.8 Å². The molecule has 0 aromatic heterocycles. The highest BCUT2D eigenvalue weighted by atomic mass is 16.6. The summed E-state index contributed by atoms with van der Waals surface area (Å²) in [6.45, 7) is 10.6. The maximum absolute atomic E-state index is 7.51. The fraction of sp³-hybridized carbons (Fsp3) is 0.571. The third kappa shape index (κ3) is 13.2. The molecule has 2 rings (SSSR count). The molecule has 0 saturated heterocycles. The Morgan fingerprint density at radius 3 is 2.20 bits per heavy atom. The normalized spacial score (nSPS) is 15.4. The van der Waals surface area contributed by atoms with Crippen LogP contribution in [0.3, 0.4) is 0 Å². The molecule has 1 fully saturated rings. The minimum atomic E-state index is 0.558. The van der Waals surface area contributed by atoms with Crippen molar-refractivity contribution in [1.82, 2.24) is 0 Å². The summed E-state index contributed by atoms with van der Waals surface area (Å²) in [7, 11) is 0. The van der Waals surface area contributed by atoms with E-state index in [1.165, 1.54) is 19.3 Å². The van der Waals surface area contributed by atoms with E-state index in [1.54, 1.807) is 0 Å². The topological polar surface area (TPSA) is 68.3 Å². The van der Waals surface area contributed by atoms with Crippen LogP contribution in [0, 0.1) is 11.3 Å². The third-order valence-corrected chi connectivity index (χ3v) is 3.89. The summed E-state index contributed by atoms with van der Waals surface area (Å²) in [5, 5.41) is 7.51. The van der Waals surface area contributed by atoms with Crippen LogP contribution in [0.15, 0.2) is 42.7 Å². The smallest absolute Gasteiger partial charge is 0.119 e. The van der Waals surface area contributed by atoms with Crippen LogP contribution in [0.4, 0.5) is 0 Å². The molecule has 1 unspecified atom stereocenters. The van der Waals surface area contributed by atoms with Gasteiger partial charge >= 0.3 is 0 Å². The fourth-order valence-corrected chi connectivity index (χ4v) is 2.24. The highest BCUT2D eigenvalue weighted by molar-refractivity contribution is 5.83. The van der Waals surface area contributed by atoms with E-state index in [9.17, 15) is 0 Å². The quantitative estimate of drug-likeness (QED) is 0.477. The maximum atomic E-state index is 7.51. The standard InChI is InChI=1S/C12H15NO.C5H12.C4H9NO/c13-11-7-6-10(8-11)9-14-12-4-2-1-3-5-12;1-3-5-4-2;1-3-4(2)6-5/h1-5,10,13H,6-9H2;3-5H2,1-2H3;2-3,5H2,1H3. The number of nitrogens with two attached hydrogens (primary N) is 1. The highest BCUT2D eigenvalue weighted by Crippen LogP contribution is 2.23. The van der Waals surface area contributed by atoms with Crippen molar-refractivity contribution in [3.63, 3.8) is 0 Å². The van der Waals surface area contributed by atoms with Gasteiger partial charge in [0, 0.05) is 12.1 Å². The van der Waals surface area contributed by atoms with Crippen molar-refractivity contribution in [3.05, 3.63) is 42.7 Å². The lowest BCUT2D eigenvalue weighted by Gasteiger charge is -2.10. The van der Waals surface area contributed by atoms with E-state index in [0.29, 0.717) is 11.7 Å². The van der Waals surface area contributed by atoms with E-state index in [4.69, 9.17) is 10.1 Å². The number of ether oxygens (including phenoxy) is 1. The molecule has 25 heavy (non-hydrogen) atoms. The maximum Gasteiger partial charge on any atom is 0.119 e. The monoisotopic (exact) mass is 348 g/mol. The largest absolute Gasteiger partial charge is 0.493 e. The molecule has 1 atom stereocenters. The van der Waals surface area contributed by atoms with Crippen LogP contribution >= 0.6 is 0 Å². The number of nitrogens with one attached hydrogen (secondary N) is 1.